The Labute approximate surface area is 172 Å². The van der Waals surface area contributed by atoms with E-state index in [4.69, 9.17) is 4.74 Å². The van der Waals surface area contributed by atoms with Gasteiger partial charge < -0.3 is 4.74 Å². The highest BCUT2D eigenvalue weighted by atomic mass is 32.1. The van der Waals surface area contributed by atoms with Crippen LogP contribution in [0.5, 0.6) is 0 Å². The highest BCUT2D eigenvalue weighted by molar-refractivity contribution is 7.18. The molecule has 8 heteroatoms. The minimum atomic E-state index is -1.02. The number of esters is 1. The number of nitrogens with zero attached hydrogens (tertiary/aromatic N) is 1. The highest BCUT2D eigenvalue weighted by Crippen LogP contribution is 2.33. The first kappa shape index (κ1) is 20.5. The predicted molar refractivity (Wildman–Crippen MR) is 110 cm³/mol. The van der Waals surface area contributed by atoms with E-state index in [1.165, 1.54) is 18.3 Å². The fraction of sp³-hybridized carbons (Fsp3) is 0.238. The number of rotatable bonds is 6. The minimum Gasteiger partial charge on any atom is -0.455 e. The molecular formula is C21H21N3O4S. The van der Waals surface area contributed by atoms with Gasteiger partial charge in [-0.25, -0.2) is 4.98 Å². The van der Waals surface area contributed by atoms with Gasteiger partial charge in [0, 0.05) is 13.3 Å². The van der Waals surface area contributed by atoms with Crippen molar-refractivity contribution in [2.24, 2.45) is 0 Å². The number of hydrogen-bond donors (Lipinski definition) is 2. The van der Waals surface area contributed by atoms with E-state index < -0.39 is 29.8 Å². The Balaban J connectivity index is 1.81. The second-order valence-electron chi connectivity index (χ2n) is 6.76. The number of carbonyl (C=O) groups is 3. The monoisotopic (exact) mass is 411 g/mol. The predicted octanol–water partition coefficient (Wildman–Crippen LogP) is 2.51. The minimum absolute atomic E-state index is 0.336. The van der Waals surface area contributed by atoms with Gasteiger partial charge >= 0.3 is 5.97 Å². The van der Waals surface area contributed by atoms with E-state index in [2.05, 4.69) is 15.8 Å². The van der Waals surface area contributed by atoms with Gasteiger partial charge in [-0.2, -0.15) is 0 Å². The van der Waals surface area contributed by atoms with Gasteiger partial charge in [-0.05, 0) is 24.6 Å². The number of amides is 2. The molecule has 29 heavy (non-hydrogen) atoms. The molecule has 150 valence electrons. The zero-order chi connectivity index (χ0) is 20.9. The molecule has 0 radical (unpaired) electrons. The topological polar surface area (TPSA) is 97.4 Å². The van der Waals surface area contributed by atoms with Gasteiger partial charge in [0.25, 0.3) is 5.91 Å². The van der Waals surface area contributed by atoms with Gasteiger partial charge in [0.1, 0.15) is 0 Å². The normalized spacial score (nSPS) is 12.8. The van der Waals surface area contributed by atoms with Crippen molar-refractivity contribution in [3.8, 4) is 0 Å². The number of thiazole rings is 1. The van der Waals surface area contributed by atoms with Crippen molar-refractivity contribution < 1.29 is 19.1 Å². The Bertz CT molecular complexity index is 1000. The molecule has 7 nitrogen and oxygen atoms in total. The molecule has 0 saturated carbocycles. The number of para-hydroxylation sites is 1. The number of nitrogens with one attached hydrogen (secondary N) is 2. The second kappa shape index (κ2) is 8.83. The Hall–Kier alpha value is -3.26. The standard InChI is InChI=1S/C21H21N3O4S/c1-14(25)23-24-18(26)13-28-20(27)21(2,15-8-4-3-5-9-15)12-19-22-16-10-6-7-11-17(16)29-19/h3-11H,12-13H2,1-2H3,(H,23,25)(H,24,26)/t21-/m0/s1. The molecule has 0 unspecified atom stereocenters. The van der Waals surface area contributed by atoms with Crippen molar-refractivity contribution in [3.63, 3.8) is 0 Å². The maximum Gasteiger partial charge on any atom is 0.317 e. The first-order valence-corrected chi connectivity index (χ1v) is 9.83. The first-order valence-electron chi connectivity index (χ1n) is 9.01. The van der Waals surface area contributed by atoms with E-state index in [1.54, 1.807) is 6.92 Å². The third-order valence-corrected chi connectivity index (χ3v) is 5.45. The quantitative estimate of drug-likeness (QED) is 0.480. The molecule has 2 N–H and O–H groups in total. The van der Waals surface area contributed by atoms with Crippen LogP contribution in [-0.4, -0.2) is 29.4 Å². The van der Waals surface area contributed by atoms with E-state index in [-0.39, 0.29) is 0 Å². The lowest BCUT2D eigenvalue weighted by Crippen LogP contribution is -2.44. The molecular weight excluding hydrogens is 390 g/mol. The third-order valence-electron chi connectivity index (χ3n) is 4.42. The van der Waals surface area contributed by atoms with Crippen LogP contribution < -0.4 is 10.9 Å². The number of ether oxygens (including phenoxy) is 1. The molecule has 3 aromatic rings. The largest absolute Gasteiger partial charge is 0.455 e. The fourth-order valence-corrected chi connectivity index (χ4v) is 4.00. The number of aromatic nitrogens is 1. The van der Waals surface area contributed by atoms with Crippen LogP contribution in [0.1, 0.15) is 24.4 Å². The summed E-state index contributed by atoms with van der Waals surface area (Å²) < 4.78 is 6.32. The van der Waals surface area contributed by atoms with Crippen molar-refractivity contribution in [2.45, 2.75) is 25.7 Å². The molecule has 0 saturated heterocycles. The van der Waals surface area contributed by atoms with Crippen LogP contribution in [0.25, 0.3) is 10.2 Å². The molecule has 1 atom stereocenters. The van der Waals surface area contributed by atoms with E-state index in [0.717, 1.165) is 20.8 Å². The average molecular weight is 411 g/mol. The summed E-state index contributed by atoms with van der Waals surface area (Å²) in [6, 6.07) is 17.1. The summed E-state index contributed by atoms with van der Waals surface area (Å²) in [6.45, 7) is 2.54. The number of benzene rings is 2. The van der Waals surface area contributed by atoms with Crippen LogP contribution in [0.4, 0.5) is 0 Å². The molecule has 0 fully saturated rings. The van der Waals surface area contributed by atoms with Crippen LogP contribution >= 0.6 is 11.3 Å². The Morgan fingerprint density at radius 3 is 2.41 bits per heavy atom. The summed E-state index contributed by atoms with van der Waals surface area (Å²) in [7, 11) is 0. The SMILES string of the molecule is CC(=O)NNC(=O)COC(=O)[C@@](C)(Cc1nc2ccccc2s1)c1ccccc1. The molecule has 1 heterocycles. The molecule has 0 aliphatic heterocycles. The lowest BCUT2D eigenvalue weighted by molar-refractivity contribution is -0.154. The molecule has 3 rings (SSSR count). The van der Waals surface area contributed by atoms with E-state index >= 15 is 0 Å². The average Bonchev–Trinajstić information content (AvgIpc) is 3.13. The highest BCUT2D eigenvalue weighted by Gasteiger charge is 2.38. The number of hydrazine groups is 1. The van der Waals surface area contributed by atoms with Crippen LogP contribution in [-0.2, 0) is 31.0 Å². The van der Waals surface area contributed by atoms with Crippen molar-refractivity contribution in [2.75, 3.05) is 6.61 Å². The van der Waals surface area contributed by atoms with Gasteiger partial charge in [0.15, 0.2) is 6.61 Å². The molecule has 0 aliphatic carbocycles. The van der Waals surface area contributed by atoms with E-state index in [0.29, 0.717) is 6.42 Å². The van der Waals surface area contributed by atoms with Crippen molar-refractivity contribution >= 4 is 39.3 Å². The Kier molecular flexibility index (Phi) is 6.23. The molecule has 0 bridgehead atoms. The van der Waals surface area contributed by atoms with E-state index in [9.17, 15) is 14.4 Å². The molecule has 2 aromatic carbocycles. The zero-order valence-corrected chi connectivity index (χ0v) is 16.9. The summed E-state index contributed by atoms with van der Waals surface area (Å²) in [6.07, 6.45) is 0.336. The lowest BCUT2D eigenvalue weighted by atomic mass is 9.79. The summed E-state index contributed by atoms with van der Waals surface area (Å²) in [4.78, 5) is 40.3. The van der Waals surface area contributed by atoms with Crippen LogP contribution in [0, 0.1) is 0 Å². The van der Waals surface area contributed by atoms with Gasteiger partial charge in [-0.1, -0.05) is 42.5 Å². The number of hydrogen-bond acceptors (Lipinski definition) is 6. The molecule has 1 aromatic heterocycles. The van der Waals surface area contributed by atoms with Crippen LogP contribution in [0.3, 0.4) is 0 Å². The summed E-state index contributed by atoms with van der Waals surface area (Å²) in [5, 5.41) is 0.803. The van der Waals surface area contributed by atoms with Crippen molar-refractivity contribution in [3.05, 3.63) is 65.2 Å². The molecule has 0 aliphatic rings. The smallest absolute Gasteiger partial charge is 0.317 e. The van der Waals surface area contributed by atoms with Gasteiger partial charge in [0.2, 0.25) is 5.91 Å². The Morgan fingerprint density at radius 2 is 1.72 bits per heavy atom. The Morgan fingerprint density at radius 1 is 1.03 bits per heavy atom. The third kappa shape index (κ3) is 4.97. The van der Waals surface area contributed by atoms with Crippen LogP contribution in [0.15, 0.2) is 54.6 Å². The summed E-state index contributed by atoms with van der Waals surface area (Å²) >= 11 is 1.53. The maximum absolute atomic E-state index is 13.0. The van der Waals surface area contributed by atoms with E-state index in [1.807, 2.05) is 54.6 Å². The van der Waals surface area contributed by atoms with Crippen molar-refractivity contribution in [1.29, 1.82) is 0 Å². The molecule has 2 amide bonds. The maximum atomic E-state index is 13.0. The number of carbonyl (C=O) groups excluding carboxylic acids is 3. The van der Waals surface area contributed by atoms with Crippen LogP contribution in [0.2, 0.25) is 0 Å². The first-order chi connectivity index (χ1) is 13.9. The summed E-state index contributed by atoms with van der Waals surface area (Å²) in [5.74, 6) is -1.58. The number of fused-ring (bicyclic) bond motifs is 1. The van der Waals surface area contributed by atoms with Gasteiger partial charge in [-0.15, -0.1) is 11.3 Å². The van der Waals surface area contributed by atoms with Gasteiger partial charge in [-0.3, -0.25) is 25.2 Å². The van der Waals surface area contributed by atoms with Crippen molar-refractivity contribution in [1.82, 2.24) is 15.8 Å². The second-order valence-corrected chi connectivity index (χ2v) is 7.87. The summed E-state index contributed by atoms with van der Waals surface area (Å²) in [5.41, 5.74) is 4.95. The zero-order valence-electron chi connectivity index (χ0n) is 16.1. The van der Waals surface area contributed by atoms with Gasteiger partial charge in [0.05, 0.1) is 20.6 Å². The lowest BCUT2D eigenvalue weighted by Gasteiger charge is -2.27. The fourth-order valence-electron chi connectivity index (χ4n) is 2.88. The molecule has 0 spiro atoms.